The van der Waals surface area contributed by atoms with Gasteiger partial charge in [-0.3, -0.25) is 4.99 Å². The van der Waals surface area contributed by atoms with Gasteiger partial charge in [0.2, 0.25) is 0 Å². The molecule has 0 aliphatic carbocycles. The van der Waals surface area contributed by atoms with Gasteiger partial charge in [-0.05, 0) is 45.7 Å². The summed E-state index contributed by atoms with van der Waals surface area (Å²) in [6.45, 7) is 9.60. The number of hydrogen-bond donors (Lipinski definition) is 2. The van der Waals surface area contributed by atoms with Crippen molar-refractivity contribution in [3.05, 3.63) is 12.2 Å². The number of piperidine rings is 1. The summed E-state index contributed by atoms with van der Waals surface area (Å²) in [6, 6.07) is 0.766. The summed E-state index contributed by atoms with van der Waals surface area (Å²) in [5.41, 5.74) is 0. The minimum atomic E-state index is 0. The molecule has 0 amide bonds. The lowest BCUT2D eigenvalue weighted by atomic mass is 10.0. The topological polar surface area (TPSA) is 70.4 Å². The summed E-state index contributed by atoms with van der Waals surface area (Å²) >= 11 is 0. The van der Waals surface area contributed by atoms with E-state index in [1.165, 1.54) is 45.2 Å². The Balaban J connectivity index is 0.00000338. The van der Waals surface area contributed by atoms with E-state index in [1.807, 2.05) is 7.05 Å². The van der Waals surface area contributed by atoms with E-state index < -0.39 is 0 Å². The quantitative estimate of drug-likeness (QED) is 0.247. The van der Waals surface area contributed by atoms with Crippen molar-refractivity contribution >= 4 is 29.9 Å². The fraction of sp³-hybridized carbons (Fsp3) is 0.833. The van der Waals surface area contributed by atoms with E-state index >= 15 is 0 Å². The molecule has 7 nitrogen and oxygen atoms in total. The standard InChI is InChI=1S/C18H35N7.HI/c1-4-17-23-22-15-25(17)14-11-21-18(19-3)20-10-6-8-13-24-12-7-5-9-16(24)2;/h15-16H,4-14H2,1-3H3,(H2,19,20,21);1H. The lowest BCUT2D eigenvalue weighted by Crippen LogP contribution is -2.40. The third-order valence-electron chi connectivity index (χ3n) is 4.99. The van der Waals surface area contributed by atoms with Crippen LogP contribution >= 0.6 is 24.0 Å². The van der Waals surface area contributed by atoms with Crippen LogP contribution in [0.15, 0.2) is 11.3 Å². The number of unbranched alkanes of at least 4 members (excludes halogenated alkanes) is 1. The van der Waals surface area contributed by atoms with Crippen molar-refractivity contribution in [2.24, 2.45) is 4.99 Å². The second-order valence-electron chi connectivity index (χ2n) is 6.81. The molecule has 2 rings (SSSR count). The van der Waals surface area contributed by atoms with Gasteiger partial charge in [0.1, 0.15) is 12.2 Å². The van der Waals surface area contributed by atoms with Crippen LogP contribution in [0.5, 0.6) is 0 Å². The summed E-state index contributed by atoms with van der Waals surface area (Å²) in [5, 5.41) is 14.8. The van der Waals surface area contributed by atoms with Crippen molar-refractivity contribution in [3.63, 3.8) is 0 Å². The van der Waals surface area contributed by atoms with Crippen LogP contribution in [0.1, 0.15) is 51.8 Å². The first-order valence-electron chi connectivity index (χ1n) is 9.79. The minimum absolute atomic E-state index is 0. The van der Waals surface area contributed by atoms with Crippen LogP contribution in [-0.4, -0.2) is 64.9 Å². The van der Waals surface area contributed by atoms with Gasteiger partial charge >= 0.3 is 0 Å². The molecule has 1 aliphatic rings. The molecule has 0 bridgehead atoms. The summed E-state index contributed by atoms with van der Waals surface area (Å²) in [6.07, 6.45) is 9.24. The fourth-order valence-electron chi connectivity index (χ4n) is 3.39. The maximum Gasteiger partial charge on any atom is 0.191 e. The van der Waals surface area contributed by atoms with Gasteiger partial charge in [0.05, 0.1) is 0 Å². The van der Waals surface area contributed by atoms with Crippen LogP contribution in [0, 0.1) is 0 Å². The highest BCUT2D eigenvalue weighted by Crippen LogP contribution is 2.16. The van der Waals surface area contributed by atoms with Crippen molar-refractivity contribution in [2.45, 2.75) is 65.0 Å². The molecule has 1 aromatic heterocycles. The molecule has 1 fully saturated rings. The molecule has 0 saturated carbocycles. The molecule has 2 N–H and O–H groups in total. The predicted octanol–water partition coefficient (Wildman–Crippen LogP) is 2.28. The maximum atomic E-state index is 4.29. The number of hydrogen-bond acceptors (Lipinski definition) is 4. The number of aryl methyl sites for hydroxylation is 1. The number of nitrogens with one attached hydrogen (secondary N) is 2. The van der Waals surface area contributed by atoms with E-state index in [4.69, 9.17) is 0 Å². The molecule has 1 aromatic rings. The zero-order valence-electron chi connectivity index (χ0n) is 16.6. The lowest BCUT2D eigenvalue weighted by molar-refractivity contribution is 0.158. The third-order valence-corrected chi connectivity index (χ3v) is 4.99. The van der Waals surface area contributed by atoms with Gasteiger partial charge in [0, 0.05) is 39.1 Å². The largest absolute Gasteiger partial charge is 0.356 e. The monoisotopic (exact) mass is 477 g/mol. The number of rotatable bonds is 9. The first-order chi connectivity index (χ1) is 12.2. The third kappa shape index (κ3) is 7.77. The molecule has 1 atom stereocenters. The zero-order valence-corrected chi connectivity index (χ0v) is 18.9. The van der Waals surface area contributed by atoms with E-state index in [-0.39, 0.29) is 24.0 Å². The summed E-state index contributed by atoms with van der Waals surface area (Å²) < 4.78 is 2.08. The molecular weight excluding hydrogens is 441 g/mol. The first-order valence-corrected chi connectivity index (χ1v) is 9.79. The van der Waals surface area contributed by atoms with Gasteiger partial charge in [0.25, 0.3) is 0 Å². The van der Waals surface area contributed by atoms with Crippen molar-refractivity contribution in [1.82, 2.24) is 30.3 Å². The van der Waals surface area contributed by atoms with E-state index in [2.05, 4.69) is 49.1 Å². The minimum Gasteiger partial charge on any atom is -0.356 e. The number of likely N-dealkylation sites (tertiary alicyclic amines) is 1. The molecule has 0 aromatic carbocycles. The van der Waals surface area contributed by atoms with E-state index in [1.54, 1.807) is 6.33 Å². The second kappa shape index (κ2) is 13.3. The van der Waals surface area contributed by atoms with E-state index in [9.17, 15) is 0 Å². The molecule has 1 aliphatic heterocycles. The van der Waals surface area contributed by atoms with Crippen LogP contribution in [-0.2, 0) is 13.0 Å². The highest BCUT2D eigenvalue weighted by molar-refractivity contribution is 14.0. The molecule has 2 heterocycles. The Morgan fingerprint density at radius 1 is 1.23 bits per heavy atom. The van der Waals surface area contributed by atoms with Gasteiger partial charge in [-0.25, -0.2) is 0 Å². The van der Waals surface area contributed by atoms with Crippen molar-refractivity contribution in [1.29, 1.82) is 0 Å². The number of guanidine groups is 1. The highest BCUT2D eigenvalue weighted by Gasteiger charge is 2.16. The summed E-state index contributed by atoms with van der Waals surface area (Å²) in [4.78, 5) is 6.93. The van der Waals surface area contributed by atoms with Gasteiger partial charge < -0.3 is 20.1 Å². The second-order valence-corrected chi connectivity index (χ2v) is 6.81. The summed E-state index contributed by atoms with van der Waals surface area (Å²) in [5.74, 6) is 1.90. The number of aromatic nitrogens is 3. The Kier molecular flexibility index (Phi) is 11.8. The SMILES string of the molecule is CCc1nncn1CCNC(=NC)NCCCCN1CCCCC1C.I. The molecule has 26 heavy (non-hydrogen) atoms. The predicted molar refractivity (Wildman–Crippen MR) is 118 cm³/mol. The number of halogens is 1. The lowest BCUT2D eigenvalue weighted by Gasteiger charge is -2.33. The van der Waals surface area contributed by atoms with Gasteiger partial charge in [-0.2, -0.15) is 0 Å². The molecule has 0 spiro atoms. The van der Waals surface area contributed by atoms with Crippen LogP contribution in [0.2, 0.25) is 0 Å². The average Bonchev–Trinajstić information content (AvgIpc) is 3.09. The normalized spacial score (nSPS) is 18.4. The Morgan fingerprint density at radius 2 is 2.04 bits per heavy atom. The molecule has 1 unspecified atom stereocenters. The number of nitrogens with zero attached hydrogens (tertiary/aromatic N) is 5. The maximum absolute atomic E-state index is 4.29. The zero-order chi connectivity index (χ0) is 17.9. The van der Waals surface area contributed by atoms with Gasteiger partial charge in [0.15, 0.2) is 5.96 Å². The Morgan fingerprint density at radius 3 is 2.77 bits per heavy atom. The first kappa shape index (κ1) is 23.1. The van der Waals surface area contributed by atoms with Crippen LogP contribution in [0.4, 0.5) is 0 Å². The number of aliphatic imine (C=N–C) groups is 1. The highest BCUT2D eigenvalue weighted by atomic mass is 127. The van der Waals surface area contributed by atoms with E-state index in [0.717, 1.165) is 43.9 Å². The Hall–Kier alpha value is -0.900. The molecule has 8 heteroatoms. The van der Waals surface area contributed by atoms with Crippen LogP contribution < -0.4 is 10.6 Å². The smallest absolute Gasteiger partial charge is 0.191 e. The molecule has 1 saturated heterocycles. The molecule has 150 valence electrons. The Labute approximate surface area is 175 Å². The van der Waals surface area contributed by atoms with Gasteiger partial charge in [-0.1, -0.05) is 13.3 Å². The van der Waals surface area contributed by atoms with Crippen LogP contribution in [0.25, 0.3) is 0 Å². The Bertz CT molecular complexity index is 517. The van der Waals surface area contributed by atoms with Crippen molar-refractivity contribution in [3.8, 4) is 0 Å². The fourth-order valence-corrected chi connectivity index (χ4v) is 3.39. The van der Waals surface area contributed by atoms with Gasteiger partial charge in [-0.15, -0.1) is 34.2 Å². The molecular formula is C18H36IN7. The van der Waals surface area contributed by atoms with Crippen molar-refractivity contribution in [2.75, 3.05) is 33.2 Å². The average molecular weight is 477 g/mol. The van der Waals surface area contributed by atoms with Crippen molar-refractivity contribution < 1.29 is 0 Å². The summed E-state index contributed by atoms with van der Waals surface area (Å²) in [7, 11) is 1.82. The van der Waals surface area contributed by atoms with Crippen LogP contribution in [0.3, 0.4) is 0 Å². The van der Waals surface area contributed by atoms with E-state index in [0.29, 0.717) is 0 Å². The molecule has 0 radical (unpaired) electrons.